The van der Waals surface area contributed by atoms with Gasteiger partial charge >= 0.3 is 95.6 Å². The molecule has 46 heavy (non-hydrogen) atoms. The van der Waals surface area contributed by atoms with Crippen molar-refractivity contribution in [2.45, 2.75) is 12.8 Å². The Balaban J connectivity index is 0.000000193. The van der Waals surface area contributed by atoms with Gasteiger partial charge < -0.3 is 24.8 Å². The van der Waals surface area contributed by atoms with Gasteiger partial charge in [0.1, 0.15) is 0 Å². The molecule has 0 bridgehead atoms. The van der Waals surface area contributed by atoms with Gasteiger partial charge in [0.25, 0.3) is 0 Å². The quantitative estimate of drug-likeness (QED) is 0.192. The van der Waals surface area contributed by atoms with Gasteiger partial charge in [-0.15, -0.1) is 17.5 Å². The number of fused-ring (bicyclic) bond motifs is 3. The molecular formula is C43H32Cl2Ti-2. The van der Waals surface area contributed by atoms with Crippen LogP contribution in [0.3, 0.4) is 0 Å². The molecule has 0 unspecified atom stereocenters. The normalized spacial score (nSPS) is 11.3. The minimum absolute atomic E-state index is 0. The van der Waals surface area contributed by atoms with Crippen LogP contribution in [0.5, 0.6) is 0 Å². The van der Waals surface area contributed by atoms with Crippen LogP contribution in [-0.2, 0) is 26.4 Å². The van der Waals surface area contributed by atoms with Crippen molar-refractivity contribution >= 4 is 3.81 Å². The van der Waals surface area contributed by atoms with E-state index in [4.69, 9.17) is 0 Å². The van der Waals surface area contributed by atoms with E-state index in [-0.39, 0.29) is 24.8 Å². The molecule has 224 valence electrons. The molecule has 0 radical (unpaired) electrons. The van der Waals surface area contributed by atoms with Crippen LogP contribution in [0.15, 0.2) is 170 Å². The number of hydrogen-bond acceptors (Lipinski definition) is 0. The second-order valence-electron chi connectivity index (χ2n) is 10.7. The van der Waals surface area contributed by atoms with Gasteiger partial charge in [0.05, 0.1) is 0 Å². The molecule has 2 aliphatic rings. The van der Waals surface area contributed by atoms with E-state index < -0.39 is 0 Å². The van der Waals surface area contributed by atoms with Gasteiger partial charge in [-0.2, -0.15) is 29.8 Å². The summed E-state index contributed by atoms with van der Waals surface area (Å²) in [7, 11) is 0. The van der Waals surface area contributed by atoms with E-state index in [1.54, 1.807) is 0 Å². The summed E-state index contributed by atoms with van der Waals surface area (Å²) in [6.07, 6.45) is 11.0. The average Bonchev–Trinajstić information content (AvgIpc) is 3.82. The Bertz CT molecular complexity index is 1760. The van der Waals surface area contributed by atoms with Gasteiger partial charge in [0.15, 0.2) is 0 Å². The second-order valence-corrected chi connectivity index (χ2v) is 11.5. The molecule has 0 spiro atoms. The van der Waals surface area contributed by atoms with Gasteiger partial charge in [-0.1, -0.05) is 95.6 Å². The SMILES string of the molecule is [C-]1=CC=CC1.[Cl-].[Cl-].[Ti+2]=[C](c1ccccc1)c1ccccc1.[c-]1cc(-c2ccccc2)cc2c1Cc1ccc(-c3ccccc3)cc1-2. The first kappa shape index (κ1) is 34.8. The maximum absolute atomic E-state index is 3.52. The smallest absolute Gasteiger partial charge is 0.0184 e. The van der Waals surface area contributed by atoms with Crippen molar-refractivity contribution in [1.29, 1.82) is 0 Å². The molecule has 3 heteroatoms. The zero-order valence-corrected chi connectivity index (χ0v) is 28.4. The molecule has 0 heterocycles. The van der Waals surface area contributed by atoms with Crippen molar-refractivity contribution in [3.63, 3.8) is 0 Å². The van der Waals surface area contributed by atoms with Crippen molar-refractivity contribution in [2.75, 3.05) is 0 Å². The summed E-state index contributed by atoms with van der Waals surface area (Å²) < 4.78 is 1.33. The molecule has 0 saturated heterocycles. The minimum atomic E-state index is 0. The predicted molar refractivity (Wildman–Crippen MR) is 182 cm³/mol. The summed E-state index contributed by atoms with van der Waals surface area (Å²) in [5.41, 5.74) is 13.0. The van der Waals surface area contributed by atoms with E-state index in [0.717, 1.165) is 12.8 Å². The summed E-state index contributed by atoms with van der Waals surface area (Å²) in [6.45, 7) is 0. The second kappa shape index (κ2) is 17.6. The van der Waals surface area contributed by atoms with E-state index >= 15 is 0 Å². The molecule has 6 aromatic carbocycles. The molecule has 0 aliphatic heterocycles. The van der Waals surface area contributed by atoms with Crippen LogP contribution >= 0.6 is 0 Å². The molecule has 0 nitrogen and oxygen atoms in total. The maximum atomic E-state index is 3.52. The average molecular weight is 668 g/mol. The van der Waals surface area contributed by atoms with Gasteiger partial charge in [0, 0.05) is 0 Å². The minimum Gasteiger partial charge on any atom is -0.179 e. The summed E-state index contributed by atoms with van der Waals surface area (Å²) in [5, 5.41) is 0. The Morgan fingerprint density at radius 2 is 1.07 bits per heavy atom. The van der Waals surface area contributed by atoms with Crippen LogP contribution in [0, 0.1) is 12.1 Å². The number of benzene rings is 6. The van der Waals surface area contributed by atoms with E-state index in [1.165, 1.54) is 59.4 Å². The summed E-state index contributed by atoms with van der Waals surface area (Å²) >= 11 is 2.16. The third-order valence-electron chi connectivity index (χ3n) is 7.72. The van der Waals surface area contributed by atoms with Crippen LogP contribution < -0.4 is 24.8 Å². The van der Waals surface area contributed by atoms with Crippen LogP contribution in [-0.4, -0.2) is 3.81 Å². The molecule has 0 aromatic heterocycles. The third-order valence-corrected chi connectivity index (χ3v) is 8.62. The van der Waals surface area contributed by atoms with Crippen molar-refractivity contribution in [3.05, 3.63) is 204 Å². The Morgan fingerprint density at radius 3 is 1.57 bits per heavy atom. The van der Waals surface area contributed by atoms with Crippen molar-refractivity contribution in [3.8, 4) is 33.4 Å². The number of hydrogen-bond donors (Lipinski definition) is 0. The number of halogens is 2. The summed E-state index contributed by atoms with van der Waals surface area (Å²) in [5.74, 6) is 0. The Kier molecular flexibility index (Phi) is 13.3. The van der Waals surface area contributed by atoms with Gasteiger partial charge in [-0.05, 0) is 17.5 Å². The fraction of sp³-hybridized carbons (Fsp3) is 0.0465. The van der Waals surface area contributed by atoms with Gasteiger partial charge in [0.2, 0.25) is 0 Å². The topological polar surface area (TPSA) is 0 Å². The molecule has 0 fully saturated rings. The van der Waals surface area contributed by atoms with Crippen molar-refractivity contribution in [1.82, 2.24) is 0 Å². The molecule has 6 aromatic rings. The van der Waals surface area contributed by atoms with E-state index in [9.17, 15) is 0 Å². The molecule has 0 amide bonds. The largest absolute Gasteiger partial charge is 0.179 e. The standard InChI is InChI=1S/C25H17.C13H10.C5H5.2ClH.Ti/c1-3-7-18(8-4-1)20-11-13-22-15-23-14-12-21(17-25(23)24(22)16-20)19-9-5-2-6-10-19;1-3-7-12(8-4-1)11-13-9-5-2-6-10-13;1-2-4-5-3-1;;;/h1-13,16-17H,15H2;1-10H;1-3H,4H2;2*1H;/q-1;;-1;;;+2/p-2. The fourth-order valence-electron chi connectivity index (χ4n) is 5.41. The van der Waals surface area contributed by atoms with E-state index in [1.807, 2.05) is 24.3 Å². The first-order chi connectivity index (χ1) is 21.8. The van der Waals surface area contributed by atoms with Gasteiger partial charge in [-0.3, -0.25) is 6.08 Å². The molecular weight excluding hydrogens is 635 g/mol. The molecule has 0 saturated carbocycles. The van der Waals surface area contributed by atoms with E-state index in [0.29, 0.717) is 0 Å². The third kappa shape index (κ3) is 8.82. The Labute approximate surface area is 297 Å². The van der Waals surface area contributed by atoms with Crippen molar-refractivity contribution in [2.24, 2.45) is 0 Å². The van der Waals surface area contributed by atoms with Crippen molar-refractivity contribution < 1.29 is 44.8 Å². The zero-order chi connectivity index (χ0) is 30.0. The monoisotopic (exact) mass is 666 g/mol. The first-order valence-electron chi connectivity index (χ1n) is 15.0. The summed E-state index contributed by atoms with van der Waals surface area (Å²) in [6, 6.07) is 56.9. The van der Waals surface area contributed by atoms with Crippen LogP contribution in [0.4, 0.5) is 0 Å². The van der Waals surface area contributed by atoms with Crippen LogP contribution in [0.2, 0.25) is 0 Å². The molecule has 2 aliphatic carbocycles. The molecule has 8 rings (SSSR count). The molecule has 0 atom stereocenters. The summed E-state index contributed by atoms with van der Waals surface area (Å²) in [4.78, 5) is 0. The predicted octanol–water partition coefficient (Wildman–Crippen LogP) is 4.51. The maximum Gasteiger partial charge on any atom is -0.0184 e. The van der Waals surface area contributed by atoms with Gasteiger partial charge in [-0.25, -0.2) is 12.2 Å². The van der Waals surface area contributed by atoms with Crippen LogP contribution in [0.25, 0.3) is 33.4 Å². The zero-order valence-electron chi connectivity index (χ0n) is 25.3. The van der Waals surface area contributed by atoms with E-state index in [2.05, 4.69) is 178 Å². The van der Waals surface area contributed by atoms with Crippen LogP contribution in [0.1, 0.15) is 28.7 Å². The molecule has 0 N–H and O–H groups in total. The number of rotatable bonds is 4. The fourth-order valence-corrected chi connectivity index (χ4v) is 5.93. The first-order valence-corrected chi connectivity index (χ1v) is 15.7. The number of allylic oxidation sites excluding steroid dienone is 4. The Hall–Kier alpha value is -4.04. The Morgan fingerprint density at radius 1 is 0.543 bits per heavy atom.